The van der Waals surface area contributed by atoms with Crippen LogP contribution in [0.3, 0.4) is 0 Å². The molecule has 6 heteroatoms. The molecule has 0 atom stereocenters. The predicted molar refractivity (Wildman–Crippen MR) is 86.4 cm³/mol. The molecule has 23 heavy (non-hydrogen) atoms. The third-order valence-corrected chi connectivity index (χ3v) is 4.05. The summed E-state index contributed by atoms with van der Waals surface area (Å²) in [6.45, 7) is 2.70. The molecular weight excluding hydrogens is 296 g/mol. The van der Waals surface area contributed by atoms with E-state index < -0.39 is 0 Å². The molecule has 0 saturated carbocycles. The van der Waals surface area contributed by atoms with Crippen LogP contribution in [0.25, 0.3) is 0 Å². The van der Waals surface area contributed by atoms with Crippen molar-refractivity contribution in [2.75, 3.05) is 32.1 Å². The first kappa shape index (κ1) is 17.0. The van der Waals surface area contributed by atoms with Crippen molar-refractivity contribution in [1.82, 2.24) is 4.90 Å². The number of carbonyl (C=O) groups excluding carboxylic acids is 3. The molecule has 0 unspecified atom stereocenters. The summed E-state index contributed by atoms with van der Waals surface area (Å²) in [7, 11) is 3.07. The molecule has 0 bridgehead atoms. The van der Waals surface area contributed by atoms with E-state index in [1.165, 1.54) is 7.11 Å². The lowest BCUT2D eigenvalue weighted by Gasteiger charge is -2.18. The monoisotopic (exact) mass is 318 g/mol. The third kappa shape index (κ3) is 3.88. The minimum atomic E-state index is -0.271. The van der Waals surface area contributed by atoms with E-state index in [-0.39, 0.29) is 17.8 Å². The van der Waals surface area contributed by atoms with E-state index in [1.54, 1.807) is 29.8 Å². The summed E-state index contributed by atoms with van der Waals surface area (Å²) in [4.78, 5) is 38.4. The summed E-state index contributed by atoms with van der Waals surface area (Å²) in [5.74, 6) is -0.339. The van der Waals surface area contributed by atoms with Gasteiger partial charge in [0, 0.05) is 44.7 Å². The Bertz CT molecular complexity index is 627. The number of anilines is 1. The first-order valence-electron chi connectivity index (χ1n) is 7.67. The molecule has 0 spiro atoms. The number of esters is 1. The van der Waals surface area contributed by atoms with Crippen LogP contribution in [-0.4, -0.2) is 49.9 Å². The molecule has 0 fully saturated rings. The molecular formula is C17H22N2O4. The van der Waals surface area contributed by atoms with Gasteiger partial charge in [0.15, 0.2) is 0 Å². The molecule has 1 aliphatic heterocycles. The van der Waals surface area contributed by atoms with Gasteiger partial charge in [-0.25, -0.2) is 0 Å². The van der Waals surface area contributed by atoms with Crippen molar-refractivity contribution >= 4 is 23.5 Å². The van der Waals surface area contributed by atoms with Crippen LogP contribution in [0, 0.1) is 0 Å². The highest BCUT2D eigenvalue weighted by molar-refractivity contribution is 5.97. The van der Waals surface area contributed by atoms with Crippen molar-refractivity contribution in [3.05, 3.63) is 29.3 Å². The van der Waals surface area contributed by atoms with E-state index >= 15 is 0 Å². The largest absolute Gasteiger partial charge is 0.469 e. The molecule has 1 aliphatic rings. The van der Waals surface area contributed by atoms with Crippen LogP contribution < -0.4 is 4.90 Å². The fourth-order valence-electron chi connectivity index (χ4n) is 2.75. The summed E-state index contributed by atoms with van der Waals surface area (Å²) in [5, 5.41) is 0. The van der Waals surface area contributed by atoms with E-state index in [9.17, 15) is 14.4 Å². The van der Waals surface area contributed by atoms with Gasteiger partial charge in [0.2, 0.25) is 5.91 Å². The van der Waals surface area contributed by atoms with Crippen LogP contribution >= 0.6 is 0 Å². The first-order chi connectivity index (χ1) is 10.9. The number of methoxy groups -OCH3 is 1. The van der Waals surface area contributed by atoms with Crippen LogP contribution in [0.1, 0.15) is 35.7 Å². The van der Waals surface area contributed by atoms with Crippen molar-refractivity contribution in [2.24, 2.45) is 0 Å². The lowest BCUT2D eigenvalue weighted by atomic mass is 10.1. The molecule has 0 N–H and O–H groups in total. The Hall–Kier alpha value is -2.37. The Kier molecular flexibility index (Phi) is 5.36. The molecule has 124 valence electrons. The summed E-state index contributed by atoms with van der Waals surface area (Å²) in [5.41, 5.74) is 2.52. The van der Waals surface area contributed by atoms with Crippen LogP contribution in [-0.2, 0) is 20.7 Å². The van der Waals surface area contributed by atoms with E-state index in [0.717, 1.165) is 17.7 Å². The van der Waals surface area contributed by atoms with Crippen molar-refractivity contribution in [3.8, 4) is 0 Å². The molecule has 6 nitrogen and oxygen atoms in total. The Morgan fingerprint density at radius 2 is 2.04 bits per heavy atom. The number of nitrogens with zero attached hydrogens (tertiary/aromatic N) is 2. The predicted octanol–water partition coefficient (Wildman–Crippen LogP) is 1.62. The van der Waals surface area contributed by atoms with Crippen LogP contribution in [0.4, 0.5) is 5.69 Å². The number of carbonyl (C=O) groups is 3. The van der Waals surface area contributed by atoms with Gasteiger partial charge < -0.3 is 14.5 Å². The van der Waals surface area contributed by atoms with Gasteiger partial charge in [-0.3, -0.25) is 14.4 Å². The molecule has 0 aromatic heterocycles. The second-order valence-corrected chi connectivity index (χ2v) is 5.67. The number of amides is 2. The van der Waals surface area contributed by atoms with Crippen molar-refractivity contribution in [3.63, 3.8) is 0 Å². The van der Waals surface area contributed by atoms with Crippen LogP contribution in [0.5, 0.6) is 0 Å². The SMILES string of the molecule is COC(=O)CCCN(C)C(=O)c1ccc2c(c1)CCN2C(C)=O. The second kappa shape index (κ2) is 7.26. The van der Waals surface area contributed by atoms with Gasteiger partial charge in [0.25, 0.3) is 5.91 Å². The number of rotatable bonds is 5. The van der Waals surface area contributed by atoms with Crippen molar-refractivity contribution in [2.45, 2.75) is 26.2 Å². The highest BCUT2D eigenvalue weighted by Gasteiger charge is 2.23. The fourth-order valence-corrected chi connectivity index (χ4v) is 2.75. The zero-order valence-corrected chi connectivity index (χ0v) is 13.8. The molecule has 1 aromatic rings. The summed E-state index contributed by atoms with van der Waals surface area (Å²) >= 11 is 0. The maximum atomic E-state index is 12.4. The highest BCUT2D eigenvalue weighted by Crippen LogP contribution is 2.29. The number of hydrogen-bond acceptors (Lipinski definition) is 4. The number of benzene rings is 1. The van der Waals surface area contributed by atoms with Gasteiger partial charge in [0.05, 0.1) is 7.11 Å². The van der Waals surface area contributed by atoms with Gasteiger partial charge in [-0.05, 0) is 36.6 Å². The first-order valence-corrected chi connectivity index (χ1v) is 7.67. The Labute approximate surface area is 136 Å². The van der Waals surface area contributed by atoms with Gasteiger partial charge in [-0.15, -0.1) is 0 Å². The average Bonchev–Trinajstić information content (AvgIpc) is 2.96. The Balaban J connectivity index is 2.00. The topological polar surface area (TPSA) is 66.9 Å². The van der Waals surface area contributed by atoms with E-state index in [2.05, 4.69) is 4.74 Å². The molecule has 1 aromatic carbocycles. The Morgan fingerprint density at radius 3 is 2.70 bits per heavy atom. The minimum Gasteiger partial charge on any atom is -0.469 e. The third-order valence-electron chi connectivity index (χ3n) is 4.05. The van der Waals surface area contributed by atoms with Crippen LogP contribution in [0.15, 0.2) is 18.2 Å². The average molecular weight is 318 g/mol. The van der Waals surface area contributed by atoms with Crippen LogP contribution in [0.2, 0.25) is 0 Å². The molecule has 2 rings (SSSR count). The summed E-state index contributed by atoms with van der Waals surface area (Å²) < 4.78 is 4.58. The normalized spacial score (nSPS) is 12.7. The van der Waals surface area contributed by atoms with Gasteiger partial charge >= 0.3 is 5.97 Å². The van der Waals surface area contributed by atoms with Crippen molar-refractivity contribution < 1.29 is 19.1 Å². The Morgan fingerprint density at radius 1 is 1.30 bits per heavy atom. The molecule has 0 aliphatic carbocycles. The van der Waals surface area contributed by atoms with Gasteiger partial charge in [-0.2, -0.15) is 0 Å². The lowest BCUT2D eigenvalue weighted by molar-refractivity contribution is -0.140. The second-order valence-electron chi connectivity index (χ2n) is 5.67. The standard InChI is InChI=1S/C17H22N2O4/c1-12(20)19-10-8-13-11-14(6-7-15(13)19)17(22)18(2)9-4-5-16(21)23-3/h6-7,11H,4-5,8-10H2,1-3H3. The maximum Gasteiger partial charge on any atom is 0.305 e. The lowest BCUT2D eigenvalue weighted by Crippen LogP contribution is -2.28. The van der Waals surface area contributed by atoms with Crippen molar-refractivity contribution in [1.29, 1.82) is 0 Å². The van der Waals surface area contributed by atoms with E-state index in [1.807, 2.05) is 12.1 Å². The molecule has 0 saturated heterocycles. The highest BCUT2D eigenvalue weighted by atomic mass is 16.5. The zero-order chi connectivity index (χ0) is 17.0. The minimum absolute atomic E-state index is 0.0164. The summed E-state index contributed by atoms with van der Waals surface area (Å²) in [6, 6.07) is 5.44. The molecule has 2 amide bonds. The number of hydrogen-bond donors (Lipinski definition) is 0. The van der Waals surface area contributed by atoms with Gasteiger partial charge in [0.1, 0.15) is 0 Å². The quantitative estimate of drug-likeness (QED) is 0.774. The summed E-state index contributed by atoms with van der Waals surface area (Å²) in [6.07, 6.45) is 1.63. The maximum absolute atomic E-state index is 12.4. The van der Waals surface area contributed by atoms with E-state index in [0.29, 0.717) is 31.5 Å². The zero-order valence-electron chi connectivity index (χ0n) is 13.8. The number of ether oxygens (including phenoxy) is 1. The number of fused-ring (bicyclic) bond motifs is 1. The molecule has 1 heterocycles. The van der Waals surface area contributed by atoms with Gasteiger partial charge in [-0.1, -0.05) is 0 Å². The fraction of sp³-hybridized carbons (Fsp3) is 0.471. The molecule has 0 radical (unpaired) electrons. The van der Waals surface area contributed by atoms with E-state index in [4.69, 9.17) is 0 Å². The smallest absolute Gasteiger partial charge is 0.305 e.